The number of nitrogens with zero attached hydrogens (tertiary/aromatic N) is 2. The Kier molecular flexibility index (Phi) is 4.44. The molecule has 1 saturated heterocycles. The topological polar surface area (TPSA) is 52.7 Å². The lowest BCUT2D eigenvalue weighted by Gasteiger charge is -2.33. The van der Waals surface area contributed by atoms with E-state index < -0.39 is 0 Å². The van der Waals surface area contributed by atoms with Crippen molar-refractivity contribution in [3.05, 3.63) is 0 Å². The SMILES string of the molecule is CCN(CC)CC(=O)NC1CCN(C(=O)C2CC23CC3)CC1. The normalized spacial score (nSPS) is 26.3. The predicted octanol–water partition coefficient (Wildman–Crippen LogP) is 1.24. The maximum absolute atomic E-state index is 12.4. The molecule has 3 fully saturated rings. The third-order valence-corrected chi connectivity index (χ3v) is 5.81. The molecular formula is C17H29N3O2. The van der Waals surface area contributed by atoms with E-state index >= 15 is 0 Å². The highest BCUT2D eigenvalue weighted by molar-refractivity contribution is 5.83. The Bertz CT molecular complexity index is 435. The summed E-state index contributed by atoms with van der Waals surface area (Å²) >= 11 is 0. The van der Waals surface area contributed by atoms with Gasteiger partial charge >= 0.3 is 0 Å². The number of carbonyl (C=O) groups is 2. The Morgan fingerprint density at radius 2 is 1.82 bits per heavy atom. The minimum absolute atomic E-state index is 0.118. The van der Waals surface area contributed by atoms with Crippen molar-refractivity contribution in [1.82, 2.24) is 15.1 Å². The van der Waals surface area contributed by atoms with E-state index in [4.69, 9.17) is 0 Å². The second-order valence-electron chi connectivity index (χ2n) is 7.25. The molecule has 5 heteroatoms. The number of rotatable bonds is 6. The van der Waals surface area contributed by atoms with Crippen molar-refractivity contribution in [2.45, 2.75) is 52.0 Å². The minimum atomic E-state index is 0.118. The van der Waals surface area contributed by atoms with Crippen LogP contribution in [0, 0.1) is 11.3 Å². The Morgan fingerprint density at radius 3 is 2.32 bits per heavy atom. The molecule has 1 N–H and O–H groups in total. The number of nitrogens with one attached hydrogen (secondary N) is 1. The highest BCUT2D eigenvalue weighted by atomic mass is 16.2. The van der Waals surface area contributed by atoms with E-state index in [-0.39, 0.29) is 11.9 Å². The summed E-state index contributed by atoms with van der Waals surface area (Å²) in [6.07, 6.45) is 5.46. The first kappa shape index (κ1) is 15.8. The predicted molar refractivity (Wildman–Crippen MR) is 85.3 cm³/mol. The maximum atomic E-state index is 12.4. The molecule has 124 valence electrons. The minimum Gasteiger partial charge on any atom is -0.352 e. The van der Waals surface area contributed by atoms with Crippen LogP contribution in [-0.2, 0) is 9.59 Å². The van der Waals surface area contributed by atoms with Gasteiger partial charge in [0, 0.05) is 25.0 Å². The molecule has 1 heterocycles. The molecule has 1 aliphatic heterocycles. The Balaban J connectivity index is 1.38. The first-order chi connectivity index (χ1) is 10.6. The quantitative estimate of drug-likeness (QED) is 0.803. The Morgan fingerprint density at radius 1 is 1.18 bits per heavy atom. The van der Waals surface area contributed by atoms with E-state index in [1.165, 1.54) is 12.8 Å². The van der Waals surface area contributed by atoms with Gasteiger partial charge in [0.2, 0.25) is 11.8 Å². The van der Waals surface area contributed by atoms with E-state index in [1.54, 1.807) is 0 Å². The number of hydrogen-bond donors (Lipinski definition) is 1. The van der Waals surface area contributed by atoms with Crippen molar-refractivity contribution in [3.63, 3.8) is 0 Å². The molecule has 1 unspecified atom stereocenters. The number of likely N-dealkylation sites (N-methyl/N-ethyl adjacent to an activating group) is 1. The third kappa shape index (κ3) is 3.29. The van der Waals surface area contributed by atoms with Crippen molar-refractivity contribution < 1.29 is 9.59 Å². The molecule has 0 aromatic rings. The molecule has 0 radical (unpaired) electrons. The fourth-order valence-electron chi connectivity index (χ4n) is 3.80. The van der Waals surface area contributed by atoms with Gasteiger partial charge in [-0.15, -0.1) is 0 Å². The zero-order valence-corrected chi connectivity index (χ0v) is 13.9. The zero-order chi connectivity index (χ0) is 15.7. The number of carbonyl (C=O) groups excluding carboxylic acids is 2. The summed E-state index contributed by atoms with van der Waals surface area (Å²) in [5.41, 5.74) is 0.450. The van der Waals surface area contributed by atoms with E-state index in [9.17, 15) is 9.59 Å². The van der Waals surface area contributed by atoms with Crippen LogP contribution >= 0.6 is 0 Å². The molecule has 0 aromatic heterocycles. The second-order valence-corrected chi connectivity index (χ2v) is 7.25. The van der Waals surface area contributed by atoms with Crippen LogP contribution in [0.25, 0.3) is 0 Å². The average Bonchev–Trinajstić information content (AvgIpc) is 3.45. The van der Waals surface area contributed by atoms with E-state index in [0.29, 0.717) is 23.8 Å². The highest BCUT2D eigenvalue weighted by Crippen LogP contribution is 2.71. The van der Waals surface area contributed by atoms with Crippen molar-refractivity contribution >= 4 is 11.8 Å². The molecule has 3 aliphatic rings. The number of piperidine rings is 1. The molecular weight excluding hydrogens is 278 g/mol. The molecule has 2 aliphatic carbocycles. The molecule has 3 rings (SSSR count). The lowest BCUT2D eigenvalue weighted by molar-refractivity contribution is -0.134. The van der Waals surface area contributed by atoms with Crippen molar-refractivity contribution in [2.75, 3.05) is 32.7 Å². The summed E-state index contributed by atoms with van der Waals surface area (Å²) in [6.45, 7) is 8.05. The highest BCUT2D eigenvalue weighted by Gasteiger charge is 2.66. The van der Waals surface area contributed by atoms with Crippen LogP contribution in [0.1, 0.15) is 46.0 Å². The fourth-order valence-corrected chi connectivity index (χ4v) is 3.80. The fraction of sp³-hybridized carbons (Fsp3) is 0.882. The first-order valence-corrected chi connectivity index (χ1v) is 8.88. The van der Waals surface area contributed by atoms with E-state index in [1.807, 2.05) is 4.90 Å². The van der Waals surface area contributed by atoms with Gasteiger partial charge in [0.15, 0.2) is 0 Å². The summed E-state index contributed by atoms with van der Waals surface area (Å²) in [4.78, 5) is 28.6. The maximum Gasteiger partial charge on any atom is 0.234 e. The van der Waals surface area contributed by atoms with Crippen LogP contribution in [0.5, 0.6) is 0 Å². The zero-order valence-electron chi connectivity index (χ0n) is 13.9. The van der Waals surface area contributed by atoms with E-state index in [0.717, 1.165) is 45.4 Å². The van der Waals surface area contributed by atoms with E-state index in [2.05, 4.69) is 24.1 Å². The Hall–Kier alpha value is -1.10. The molecule has 1 atom stereocenters. The van der Waals surface area contributed by atoms with Crippen LogP contribution in [-0.4, -0.2) is 60.4 Å². The van der Waals surface area contributed by atoms with Gasteiger partial charge in [-0.3, -0.25) is 14.5 Å². The van der Waals surface area contributed by atoms with Crippen molar-refractivity contribution in [2.24, 2.45) is 11.3 Å². The van der Waals surface area contributed by atoms with Crippen LogP contribution in [0.4, 0.5) is 0 Å². The van der Waals surface area contributed by atoms with Crippen molar-refractivity contribution in [3.8, 4) is 0 Å². The number of amides is 2. The van der Waals surface area contributed by atoms with Gasteiger partial charge in [-0.1, -0.05) is 13.8 Å². The summed E-state index contributed by atoms with van der Waals surface area (Å²) in [5.74, 6) is 0.833. The number of hydrogen-bond acceptors (Lipinski definition) is 3. The lowest BCUT2D eigenvalue weighted by Crippen LogP contribution is -2.49. The summed E-state index contributed by atoms with van der Waals surface area (Å²) in [6, 6.07) is 0.237. The average molecular weight is 307 g/mol. The monoisotopic (exact) mass is 307 g/mol. The van der Waals surface area contributed by atoms with Gasteiger partial charge in [0.05, 0.1) is 6.54 Å². The molecule has 5 nitrogen and oxygen atoms in total. The summed E-state index contributed by atoms with van der Waals surface area (Å²) in [7, 11) is 0. The first-order valence-electron chi connectivity index (χ1n) is 8.88. The van der Waals surface area contributed by atoms with Gasteiger partial charge in [-0.25, -0.2) is 0 Å². The van der Waals surface area contributed by atoms with Crippen LogP contribution in [0.15, 0.2) is 0 Å². The third-order valence-electron chi connectivity index (χ3n) is 5.81. The molecule has 0 aromatic carbocycles. The molecule has 1 spiro atoms. The molecule has 2 amide bonds. The largest absolute Gasteiger partial charge is 0.352 e. The number of likely N-dealkylation sites (tertiary alicyclic amines) is 1. The van der Waals surface area contributed by atoms with Crippen LogP contribution in [0.2, 0.25) is 0 Å². The summed E-state index contributed by atoms with van der Waals surface area (Å²) in [5, 5.41) is 3.13. The molecule has 2 saturated carbocycles. The molecule has 0 bridgehead atoms. The van der Waals surface area contributed by atoms with Gasteiger partial charge in [0.1, 0.15) is 0 Å². The van der Waals surface area contributed by atoms with Gasteiger partial charge in [-0.2, -0.15) is 0 Å². The van der Waals surface area contributed by atoms with Crippen molar-refractivity contribution in [1.29, 1.82) is 0 Å². The Labute approximate surface area is 133 Å². The van der Waals surface area contributed by atoms with Gasteiger partial charge < -0.3 is 10.2 Å². The van der Waals surface area contributed by atoms with Gasteiger partial charge in [-0.05, 0) is 50.6 Å². The second kappa shape index (κ2) is 6.19. The summed E-state index contributed by atoms with van der Waals surface area (Å²) < 4.78 is 0. The van der Waals surface area contributed by atoms with Crippen LogP contribution in [0.3, 0.4) is 0 Å². The van der Waals surface area contributed by atoms with Crippen LogP contribution < -0.4 is 5.32 Å². The molecule has 22 heavy (non-hydrogen) atoms. The standard InChI is InChI=1S/C17H29N3O2/c1-3-19(4-2)12-15(21)18-13-5-9-20(10-6-13)16(22)14-11-17(14)7-8-17/h13-14H,3-12H2,1-2H3,(H,18,21). The van der Waals surface area contributed by atoms with Gasteiger partial charge in [0.25, 0.3) is 0 Å². The smallest absolute Gasteiger partial charge is 0.234 e. The lowest BCUT2D eigenvalue weighted by atomic mass is 10.0.